The summed E-state index contributed by atoms with van der Waals surface area (Å²) >= 11 is 0. The Morgan fingerprint density at radius 1 is 1.16 bits per heavy atom. The quantitative estimate of drug-likeness (QED) is 0.850. The molecule has 0 bridgehead atoms. The topological polar surface area (TPSA) is 66.4 Å². The number of rotatable bonds is 3. The van der Waals surface area contributed by atoms with Gasteiger partial charge >= 0.3 is 0 Å². The van der Waals surface area contributed by atoms with Crippen molar-refractivity contribution in [2.45, 2.75) is 11.8 Å². The highest BCUT2D eigenvalue weighted by Gasteiger charge is 2.18. The first-order chi connectivity index (χ1) is 8.90. The van der Waals surface area contributed by atoms with Gasteiger partial charge in [0.2, 0.25) is 0 Å². The molecule has 0 atom stereocenters. The van der Waals surface area contributed by atoms with Gasteiger partial charge in [-0.3, -0.25) is 4.72 Å². The van der Waals surface area contributed by atoms with Gasteiger partial charge in [0.25, 0.3) is 10.0 Å². The van der Waals surface area contributed by atoms with Crippen molar-refractivity contribution in [3.8, 4) is 5.75 Å². The number of anilines is 1. The molecule has 100 valence electrons. The van der Waals surface area contributed by atoms with E-state index in [1.54, 1.807) is 19.1 Å². The number of para-hydroxylation sites is 2. The van der Waals surface area contributed by atoms with Crippen LogP contribution >= 0.6 is 0 Å². The molecule has 0 saturated heterocycles. The van der Waals surface area contributed by atoms with E-state index in [1.165, 1.54) is 24.3 Å². The summed E-state index contributed by atoms with van der Waals surface area (Å²) < 4.78 is 39.7. The number of phenolic OH excluding ortho intramolecular Hbond substituents is 1. The van der Waals surface area contributed by atoms with Gasteiger partial charge in [-0.2, -0.15) is 0 Å². The van der Waals surface area contributed by atoms with Crippen LogP contribution in [0.15, 0.2) is 47.4 Å². The lowest BCUT2D eigenvalue weighted by molar-refractivity contribution is 0.477. The van der Waals surface area contributed by atoms with E-state index in [1.807, 2.05) is 0 Å². The van der Waals surface area contributed by atoms with E-state index in [9.17, 15) is 17.9 Å². The minimum atomic E-state index is -3.94. The van der Waals surface area contributed by atoms with Gasteiger partial charge in [0, 0.05) is 0 Å². The Morgan fingerprint density at radius 2 is 1.84 bits per heavy atom. The molecule has 2 N–H and O–H groups in total. The zero-order valence-corrected chi connectivity index (χ0v) is 10.9. The van der Waals surface area contributed by atoms with E-state index in [4.69, 9.17) is 0 Å². The zero-order valence-electron chi connectivity index (χ0n) is 10.1. The highest BCUT2D eigenvalue weighted by Crippen LogP contribution is 2.26. The molecule has 4 nitrogen and oxygen atoms in total. The maximum absolute atomic E-state index is 13.2. The van der Waals surface area contributed by atoms with Gasteiger partial charge in [0.1, 0.15) is 11.6 Å². The molecule has 0 aromatic heterocycles. The second-order valence-corrected chi connectivity index (χ2v) is 5.68. The summed E-state index contributed by atoms with van der Waals surface area (Å²) in [6, 6.07) is 9.44. The maximum Gasteiger partial charge on any atom is 0.262 e. The summed E-state index contributed by atoms with van der Waals surface area (Å²) in [5.41, 5.74) is 0.468. The number of halogens is 1. The number of aromatic hydroxyl groups is 1. The van der Waals surface area contributed by atoms with Gasteiger partial charge in [-0.05, 0) is 36.8 Å². The zero-order chi connectivity index (χ0) is 14.0. The molecule has 0 heterocycles. The predicted octanol–water partition coefficient (Wildman–Crippen LogP) is 2.64. The van der Waals surface area contributed by atoms with E-state index in [2.05, 4.69) is 4.72 Å². The summed E-state index contributed by atoms with van der Waals surface area (Å²) in [4.78, 5) is -0.157. The van der Waals surface area contributed by atoms with Crippen molar-refractivity contribution in [1.82, 2.24) is 0 Å². The van der Waals surface area contributed by atoms with Crippen LogP contribution in [0.5, 0.6) is 5.75 Å². The molecule has 0 fully saturated rings. The highest BCUT2D eigenvalue weighted by molar-refractivity contribution is 7.92. The van der Waals surface area contributed by atoms with Crippen molar-refractivity contribution in [3.63, 3.8) is 0 Å². The minimum absolute atomic E-state index is 0.0474. The fourth-order valence-corrected chi connectivity index (χ4v) is 2.95. The van der Waals surface area contributed by atoms with Crippen molar-refractivity contribution in [2.24, 2.45) is 0 Å². The first-order valence-corrected chi connectivity index (χ1v) is 6.95. The smallest absolute Gasteiger partial charge is 0.262 e. The third-order valence-corrected chi connectivity index (χ3v) is 4.10. The number of nitrogens with one attached hydrogen (secondary N) is 1. The minimum Gasteiger partial charge on any atom is -0.506 e. The summed E-state index contributed by atoms with van der Waals surface area (Å²) in [5, 5.41) is 9.54. The molecule has 0 spiro atoms. The summed E-state index contributed by atoms with van der Waals surface area (Å²) in [6.07, 6.45) is 0. The van der Waals surface area contributed by atoms with Crippen LogP contribution in [0, 0.1) is 12.7 Å². The lowest BCUT2D eigenvalue weighted by atomic mass is 10.2. The van der Waals surface area contributed by atoms with E-state index in [0.29, 0.717) is 5.56 Å². The molecule has 6 heteroatoms. The number of hydrogen-bond acceptors (Lipinski definition) is 3. The first-order valence-electron chi connectivity index (χ1n) is 5.47. The van der Waals surface area contributed by atoms with Crippen molar-refractivity contribution in [2.75, 3.05) is 4.72 Å². The van der Waals surface area contributed by atoms with Gasteiger partial charge in [0.15, 0.2) is 0 Å². The normalized spacial score (nSPS) is 11.3. The molecule has 2 aromatic carbocycles. The summed E-state index contributed by atoms with van der Waals surface area (Å²) in [7, 11) is -3.94. The number of sulfonamides is 1. The largest absolute Gasteiger partial charge is 0.506 e. The highest BCUT2D eigenvalue weighted by atomic mass is 32.2. The van der Waals surface area contributed by atoms with Crippen LogP contribution in [-0.2, 0) is 10.0 Å². The van der Waals surface area contributed by atoms with Crippen molar-refractivity contribution < 1.29 is 17.9 Å². The van der Waals surface area contributed by atoms with Crippen LogP contribution in [0.4, 0.5) is 10.1 Å². The Kier molecular flexibility index (Phi) is 3.44. The molecule has 0 aliphatic heterocycles. The van der Waals surface area contributed by atoms with Gasteiger partial charge < -0.3 is 5.11 Å². The molecule has 0 aliphatic rings. The van der Waals surface area contributed by atoms with Gasteiger partial charge in [-0.1, -0.05) is 18.2 Å². The standard InChI is InChI=1S/C13H12FNO3S/c1-9-6-7-10(14)8-13(9)19(17,18)15-11-4-2-3-5-12(11)16/h2-8,15-16H,1H3. The van der Waals surface area contributed by atoms with Crippen LogP contribution in [0.25, 0.3) is 0 Å². The SMILES string of the molecule is Cc1ccc(F)cc1S(=O)(=O)Nc1ccccc1O. The van der Waals surface area contributed by atoms with Crippen LogP contribution in [0.1, 0.15) is 5.56 Å². The van der Waals surface area contributed by atoms with Crippen LogP contribution in [0.3, 0.4) is 0 Å². The average molecular weight is 281 g/mol. The van der Waals surface area contributed by atoms with Crippen LogP contribution in [0.2, 0.25) is 0 Å². The molecular formula is C13H12FNO3S. The number of hydrogen-bond donors (Lipinski definition) is 2. The van der Waals surface area contributed by atoms with Crippen molar-refractivity contribution in [3.05, 3.63) is 53.8 Å². The number of benzene rings is 2. The van der Waals surface area contributed by atoms with Gasteiger partial charge in [-0.15, -0.1) is 0 Å². The Morgan fingerprint density at radius 3 is 2.53 bits per heavy atom. The molecule has 0 radical (unpaired) electrons. The van der Waals surface area contributed by atoms with E-state index in [-0.39, 0.29) is 16.3 Å². The molecule has 2 rings (SSSR count). The van der Waals surface area contributed by atoms with Crippen LogP contribution < -0.4 is 4.72 Å². The van der Waals surface area contributed by atoms with Crippen LogP contribution in [-0.4, -0.2) is 13.5 Å². The number of aryl methyl sites for hydroxylation is 1. The second-order valence-electron chi connectivity index (χ2n) is 4.03. The van der Waals surface area contributed by atoms with E-state index < -0.39 is 15.8 Å². The van der Waals surface area contributed by atoms with Crippen molar-refractivity contribution in [1.29, 1.82) is 0 Å². The van der Waals surface area contributed by atoms with Crippen molar-refractivity contribution >= 4 is 15.7 Å². The average Bonchev–Trinajstić information content (AvgIpc) is 2.35. The van der Waals surface area contributed by atoms with Gasteiger partial charge in [-0.25, -0.2) is 12.8 Å². The first kappa shape index (κ1) is 13.4. The Hall–Kier alpha value is -2.08. The fourth-order valence-electron chi connectivity index (χ4n) is 1.62. The Bertz CT molecular complexity index is 714. The Balaban J connectivity index is 2.44. The number of phenols is 1. The fraction of sp³-hybridized carbons (Fsp3) is 0.0769. The maximum atomic E-state index is 13.2. The van der Waals surface area contributed by atoms with E-state index in [0.717, 1.165) is 6.07 Å². The molecule has 19 heavy (non-hydrogen) atoms. The lowest BCUT2D eigenvalue weighted by Crippen LogP contribution is -2.14. The Labute approximate surface area is 110 Å². The van der Waals surface area contributed by atoms with Gasteiger partial charge in [0.05, 0.1) is 10.6 Å². The molecule has 0 unspecified atom stereocenters. The molecular weight excluding hydrogens is 269 g/mol. The molecule has 0 amide bonds. The second kappa shape index (κ2) is 4.89. The predicted molar refractivity (Wildman–Crippen MR) is 70.1 cm³/mol. The summed E-state index contributed by atoms with van der Waals surface area (Å²) in [5.74, 6) is -0.830. The molecule has 0 aliphatic carbocycles. The summed E-state index contributed by atoms with van der Waals surface area (Å²) in [6.45, 7) is 1.57. The monoisotopic (exact) mass is 281 g/mol. The lowest BCUT2D eigenvalue weighted by Gasteiger charge is -2.11. The third kappa shape index (κ3) is 2.85. The van der Waals surface area contributed by atoms with E-state index >= 15 is 0 Å². The molecule has 0 saturated carbocycles. The molecule has 2 aromatic rings. The third-order valence-electron chi connectivity index (χ3n) is 2.59.